The summed E-state index contributed by atoms with van der Waals surface area (Å²) in [5.74, 6) is 0.0752. The van der Waals surface area contributed by atoms with Gasteiger partial charge in [-0.25, -0.2) is 0 Å². The van der Waals surface area contributed by atoms with Crippen LogP contribution in [0, 0.1) is 0 Å². The van der Waals surface area contributed by atoms with Crippen LogP contribution in [0.15, 0.2) is 60.7 Å². The van der Waals surface area contributed by atoms with E-state index in [1.54, 1.807) is 0 Å². The molecule has 0 saturated heterocycles. The molecule has 0 spiro atoms. The molecule has 0 saturated carbocycles. The highest BCUT2D eigenvalue weighted by Gasteiger charge is 2.06. The molecule has 0 atom stereocenters. The van der Waals surface area contributed by atoms with E-state index < -0.39 is 0 Å². The van der Waals surface area contributed by atoms with Gasteiger partial charge in [0.2, 0.25) is 0 Å². The Kier molecular flexibility index (Phi) is 7.82. The lowest BCUT2D eigenvalue weighted by molar-refractivity contribution is -0.849. The SMILES string of the molecule is C[N+](C)(C)C.O=C(c1ccccc1)c1ccccc1.[Cl-]. The van der Waals surface area contributed by atoms with Gasteiger partial charge in [0.15, 0.2) is 5.78 Å². The van der Waals surface area contributed by atoms with Crippen LogP contribution in [0.1, 0.15) is 15.9 Å². The molecule has 0 heterocycles. The fourth-order valence-electron chi connectivity index (χ4n) is 1.35. The van der Waals surface area contributed by atoms with E-state index >= 15 is 0 Å². The first kappa shape index (κ1) is 18.4. The quantitative estimate of drug-likeness (QED) is 0.572. The van der Waals surface area contributed by atoms with Crippen LogP contribution in [0.5, 0.6) is 0 Å². The van der Waals surface area contributed by atoms with Gasteiger partial charge in [-0.1, -0.05) is 60.7 Å². The van der Waals surface area contributed by atoms with E-state index in [0.717, 1.165) is 15.6 Å². The molecular formula is C17H22ClNO. The lowest BCUT2D eigenvalue weighted by Crippen LogP contribution is -3.00. The van der Waals surface area contributed by atoms with Gasteiger partial charge < -0.3 is 16.9 Å². The Balaban J connectivity index is 0.000000526. The molecule has 2 aromatic carbocycles. The summed E-state index contributed by atoms with van der Waals surface area (Å²) >= 11 is 0. The molecule has 20 heavy (non-hydrogen) atoms. The minimum absolute atomic E-state index is 0. The van der Waals surface area contributed by atoms with Crippen LogP contribution in [-0.2, 0) is 0 Å². The van der Waals surface area contributed by atoms with Crippen molar-refractivity contribution in [2.75, 3.05) is 28.2 Å². The van der Waals surface area contributed by atoms with E-state index in [4.69, 9.17) is 0 Å². The molecule has 2 nitrogen and oxygen atoms in total. The number of ketones is 1. The van der Waals surface area contributed by atoms with Crippen LogP contribution in [0.25, 0.3) is 0 Å². The summed E-state index contributed by atoms with van der Waals surface area (Å²) in [5.41, 5.74) is 1.47. The largest absolute Gasteiger partial charge is 1.00 e. The first-order valence-corrected chi connectivity index (χ1v) is 6.31. The Labute approximate surface area is 128 Å². The minimum atomic E-state index is 0. The Morgan fingerprint density at radius 3 is 1.20 bits per heavy atom. The molecule has 0 bridgehead atoms. The fraction of sp³-hybridized carbons (Fsp3) is 0.235. The van der Waals surface area contributed by atoms with Crippen LogP contribution in [0.3, 0.4) is 0 Å². The average Bonchev–Trinajstić information content (AvgIpc) is 2.38. The molecule has 2 rings (SSSR count). The van der Waals surface area contributed by atoms with Crippen LogP contribution < -0.4 is 12.4 Å². The summed E-state index contributed by atoms with van der Waals surface area (Å²) in [6, 6.07) is 18.6. The maximum atomic E-state index is 11.8. The normalized spacial score (nSPS) is 9.80. The molecule has 2 aromatic rings. The number of rotatable bonds is 2. The van der Waals surface area contributed by atoms with Gasteiger partial charge in [-0.3, -0.25) is 4.79 Å². The molecule has 108 valence electrons. The number of carbonyl (C=O) groups is 1. The number of hydrogen-bond donors (Lipinski definition) is 0. The monoisotopic (exact) mass is 291 g/mol. The number of hydrogen-bond acceptors (Lipinski definition) is 1. The molecular weight excluding hydrogens is 270 g/mol. The van der Waals surface area contributed by atoms with Crippen molar-refractivity contribution in [3.8, 4) is 0 Å². The number of halogens is 1. The minimum Gasteiger partial charge on any atom is -1.00 e. The van der Waals surface area contributed by atoms with Gasteiger partial charge >= 0.3 is 0 Å². The molecule has 0 amide bonds. The summed E-state index contributed by atoms with van der Waals surface area (Å²) in [6.45, 7) is 0. The van der Waals surface area contributed by atoms with Gasteiger partial charge in [0.05, 0.1) is 28.2 Å². The van der Waals surface area contributed by atoms with E-state index in [1.807, 2.05) is 60.7 Å². The number of quaternary nitrogens is 1. The summed E-state index contributed by atoms with van der Waals surface area (Å²) < 4.78 is 1.00. The van der Waals surface area contributed by atoms with E-state index in [1.165, 1.54) is 0 Å². The number of carbonyl (C=O) groups excluding carboxylic acids is 1. The smallest absolute Gasteiger partial charge is 0.193 e. The Bertz CT molecular complexity index is 456. The van der Waals surface area contributed by atoms with E-state index in [9.17, 15) is 4.79 Å². The number of benzene rings is 2. The van der Waals surface area contributed by atoms with Crippen molar-refractivity contribution in [2.24, 2.45) is 0 Å². The summed E-state index contributed by atoms with van der Waals surface area (Å²) in [6.07, 6.45) is 0. The molecule has 0 radical (unpaired) electrons. The molecule has 0 aliphatic heterocycles. The maximum Gasteiger partial charge on any atom is 0.193 e. The Hall–Kier alpha value is -1.64. The van der Waals surface area contributed by atoms with Crippen molar-refractivity contribution >= 4 is 5.78 Å². The molecule has 0 N–H and O–H groups in total. The summed E-state index contributed by atoms with van der Waals surface area (Å²) in [7, 11) is 8.50. The second-order valence-corrected chi connectivity index (χ2v) is 5.74. The standard InChI is InChI=1S/C13H10O.C4H12N.ClH/c14-13(11-7-3-1-4-8-11)12-9-5-2-6-10-12;1-5(2,3)4;/h1-10H;1-4H3;1H/q;+1;/p-1. The molecule has 0 aliphatic rings. The van der Waals surface area contributed by atoms with Gasteiger partial charge in [0.25, 0.3) is 0 Å². The zero-order valence-electron chi connectivity index (χ0n) is 12.5. The van der Waals surface area contributed by atoms with Gasteiger partial charge in [-0.2, -0.15) is 0 Å². The Morgan fingerprint density at radius 1 is 0.700 bits per heavy atom. The van der Waals surface area contributed by atoms with Crippen LogP contribution >= 0.6 is 0 Å². The van der Waals surface area contributed by atoms with Crippen molar-refractivity contribution in [1.82, 2.24) is 0 Å². The maximum absolute atomic E-state index is 11.8. The predicted molar refractivity (Wildman–Crippen MR) is 80.3 cm³/mol. The van der Waals surface area contributed by atoms with E-state index in [-0.39, 0.29) is 18.2 Å². The first-order valence-electron chi connectivity index (χ1n) is 6.31. The fourth-order valence-corrected chi connectivity index (χ4v) is 1.35. The van der Waals surface area contributed by atoms with Crippen molar-refractivity contribution in [3.05, 3.63) is 71.8 Å². The summed E-state index contributed by atoms with van der Waals surface area (Å²) in [4.78, 5) is 11.8. The molecule has 3 heteroatoms. The lowest BCUT2D eigenvalue weighted by Gasteiger charge is -2.14. The number of nitrogens with zero attached hydrogens (tertiary/aromatic N) is 1. The van der Waals surface area contributed by atoms with Crippen LogP contribution in [-0.4, -0.2) is 38.5 Å². The van der Waals surface area contributed by atoms with Crippen molar-refractivity contribution in [3.63, 3.8) is 0 Å². The highest BCUT2D eigenvalue weighted by molar-refractivity contribution is 6.08. The highest BCUT2D eigenvalue weighted by Crippen LogP contribution is 2.08. The van der Waals surface area contributed by atoms with E-state index in [0.29, 0.717) is 0 Å². The second kappa shape index (κ2) is 8.51. The third-order valence-electron chi connectivity index (χ3n) is 2.07. The average molecular weight is 292 g/mol. The second-order valence-electron chi connectivity index (χ2n) is 5.74. The lowest BCUT2D eigenvalue weighted by atomic mass is 10.0. The summed E-state index contributed by atoms with van der Waals surface area (Å²) in [5, 5.41) is 0. The predicted octanol–water partition coefficient (Wildman–Crippen LogP) is 0.244. The van der Waals surface area contributed by atoms with E-state index in [2.05, 4.69) is 28.2 Å². The van der Waals surface area contributed by atoms with Gasteiger partial charge in [-0.05, 0) is 0 Å². The Morgan fingerprint density at radius 2 is 0.950 bits per heavy atom. The van der Waals surface area contributed by atoms with Crippen LogP contribution in [0.4, 0.5) is 0 Å². The van der Waals surface area contributed by atoms with Crippen molar-refractivity contribution < 1.29 is 21.7 Å². The van der Waals surface area contributed by atoms with Gasteiger partial charge in [0, 0.05) is 11.1 Å². The molecule has 0 aliphatic carbocycles. The third kappa shape index (κ3) is 7.72. The zero-order chi connectivity index (χ0) is 14.3. The van der Waals surface area contributed by atoms with Crippen LogP contribution in [0.2, 0.25) is 0 Å². The topological polar surface area (TPSA) is 17.1 Å². The highest BCUT2D eigenvalue weighted by atomic mass is 35.5. The van der Waals surface area contributed by atoms with Gasteiger partial charge in [0.1, 0.15) is 0 Å². The molecule has 0 aromatic heterocycles. The first-order chi connectivity index (χ1) is 8.88. The van der Waals surface area contributed by atoms with Crippen molar-refractivity contribution in [2.45, 2.75) is 0 Å². The molecule has 0 fully saturated rings. The molecule has 0 unspecified atom stereocenters. The van der Waals surface area contributed by atoms with Crippen molar-refractivity contribution in [1.29, 1.82) is 0 Å². The zero-order valence-corrected chi connectivity index (χ0v) is 13.3. The third-order valence-corrected chi connectivity index (χ3v) is 2.07. The van der Waals surface area contributed by atoms with Gasteiger partial charge in [-0.15, -0.1) is 0 Å².